The number of benzene rings is 1. The van der Waals surface area contributed by atoms with Crippen LogP contribution in [0.1, 0.15) is 12.0 Å². The van der Waals surface area contributed by atoms with Gasteiger partial charge in [0.15, 0.2) is 0 Å². The number of hydrogen-bond donors (Lipinski definition) is 2. The lowest BCUT2D eigenvalue weighted by molar-refractivity contribution is -0.117. The maximum absolute atomic E-state index is 11.9. The van der Waals surface area contributed by atoms with Crippen molar-refractivity contribution in [2.24, 2.45) is 5.73 Å². The van der Waals surface area contributed by atoms with Crippen molar-refractivity contribution in [2.45, 2.75) is 13.0 Å². The largest absolute Gasteiger partial charge is 0.347 e. The van der Waals surface area contributed by atoms with Gasteiger partial charge in [0, 0.05) is 24.3 Å². The number of nitrogens with one attached hydrogen (secondary N) is 1. The summed E-state index contributed by atoms with van der Waals surface area (Å²) in [5.74, 6) is -0.544. The third kappa shape index (κ3) is 5.95. The third-order valence-corrected chi connectivity index (χ3v) is 3.03. The Bertz CT molecular complexity index is 578. The number of nitrogens with zero attached hydrogens (tertiary/aromatic N) is 2. The van der Waals surface area contributed by atoms with Crippen LogP contribution >= 0.6 is 11.6 Å². The Labute approximate surface area is 134 Å². The fraction of sp³-hybridized carbons (Fsp3) is 0.267. The summed E-state index contributed by atoms with van der Waals surface area (Å²) >= 11 is 5.78. The zero-order valence-electron chi connectivity index (χ0n) is 12.0. The normalized spacial score (nSPS) is 10.7. The highest BCUT2D eigenvalue weighted by molar-refractivity contribution is 6.30. The fourth-order valence-corrected chi connectivity index (χ4v) is 1.73. The average Bonchev–Trinajstić information content (AvgIpc) is 2.54. The van der Waals surface area contributed by atoms with Crippen molar-refractivity contribution in [3.8, 4) is 6.07 Å². The number of amides is 2. The molecule has 0 unspecified atom stereocenters. The summed E-state index contributed by atoms with van der Waals surface area (Å²) in [7, 11) is 0. The number of carbonyl (C=O) groups is 2. The van der Waals surface area contributed by atoms with Crippen molar-refractivity contribution in [1.29, 1.82) is 5.26 Å². The molecule has 0 bridgehead atoms. The third-order valence-electron chi connectivity index (χ3n) is 2.78. The lowest BCUT2D eigenvalue weighted by Gasteiger charge is -2.12. The Balaban J connectivity index is 2.65. The highest BCUT2D eigenvalue weighted by Crippen LogP contribution is 2.09. The Morgan fingerprint density at radius 3 is 2.64 bits per heavy atom. The van der Waals surface area contributed by atoms with Gasteiger partial charge in [-0.05, 0) is 30.7 Å². The first-order valence-electron chi connectivity index (χ1n) is 6.66. The molecule has 1 rings (SSSR count). The minimum absolute atomic E-state index is 0.141. The summed E-state index contributed by atoms with van der Waals surface area (Å²) in [5.41, 5.74) is 6.07. The van der Waals surface area contributed by atoms with Crippen LogP contribution in [-0.2, 0) is 16.1 Å². The van der Waals surface area contributed by atoms with E-state index in [1.165, 1.54) is 11.1 Å². The van der Waals surface area contributed by atoms with E-state index in [1.54, 1.807) is 30.3 Å². The zero-order chi connectivity index (χ0) is 16.4. The average molecular weight is 321 g/mol. The van der Waals surface area contributed by atoms with Crippen molar-refractivity contribution in [3.63, 3.8) is 0 Å². The van der Waals surface area contributed by atoms with E-state index < -0.39 is 5.91 Å². The molecule has 0 spiro atoms. The first kappa shape index (κ1) is 17.7. The van der Waals surface area contributed by atoms with Crippen molar-refractivity contribution in [1.82, 2.24) is 10.2 Å². The molecule has 7 heteroatoms. The van der Waals surface area contributed by atoms with Gasteiger partial charge in [0.05, 0.1) is 0 Å². The SMILES string of the molecule is N#C/C(=C/N(C=O)CCCN)C(=O)NCc1ccc(Cl)cc1. The van der Waals surface area contributed by atoms with E-state index in [4.69, 9.17) is 22.6 Å². The molecule has 1 aromatic carbocycles. The van der Waals surface area contributed by atoms with E-state index in [-0.39, 0.29) is 12.1 Å². The zero-order valence-corrected chi connectivity index (χ0v) is 12.7. The second-order valence-corrected chi connectivity index (χ2v) is 4.89. The number of rotatable bonds is 8. The van der Waals surface area contributed by atoms with Crippen LogP contribution in [0.15, 0.2) is 36.0 Å². The Kier molecular flexibility index (Phi) is 7.68. The summed E-state index contributed by atoms with van der Waals surface area (Å²) in [6.07, 6.45) is 2.36. The summed E-state index contributed by atoms with van der Waals surface area (Å²) in [6.45, 7) is 1.04. The van der Waals surface area contributed by atoms with Crippen molar-refractivity contribution >= 4 is 23.9 Å². The first-order chi connectivity index (χ1) is 10.6. The van der Waals surface area contributed by atoms with Gasteiger partial charge in [0.25, 0.3) is 5.91 Å². The minimum atomic E-state index is -0.544. The summed E-state index contributed by atoms with van der Waals surface area (Å²) in [6, 6.07) is 8.76. The molecule has 0 heterocycles. The second-order valence-electron chi connectivity index (χ2n) is 4.45. The van der Waals surface area contributed by atoms with Crippen LogP contribution in [0.25, 0.3) is 0 Å². The van der Waals surface area contributed by atoms with Gasteiger partial charge in [-0.3, -0.25) is 9.59 Å². The van der Waals surface area contributed by atoms with Gasteiger partial charge < -0.3 is 16.0 Å². The molecule has 0 aromatic heterocycles. The lowest BCUT2D eigenvalue weighted by Crippen LogP contribution is -2.27. The molecule has 2 amide bonds. The molecule has 0 atom stereocenters. The van der Waals surface area contributed by atoms with Gasteiger partial charge in [0.1, 0.15) is 11.6 Å². The summed E-state index contributed by atoms with van der Waals surface area (Å²) < 4.78 is 0. The van der Waals surface area contributed by atoms with Crippen LogP contribution in [0.2, 0.25) is 5.02 Å². The molecular formula is C15H17ClN4O2. The van der Waals surface area contributed by atoms with E-state index in [2.05, 4.69) is 5.32 Å². The predicted octanol–water partition coefficient (Wildman–Crippen LogP) is 1.17. The molecule has 0 aliphatic carbocycles. The van der Waals surface area contributed by atoms with Crippen molar-refractivity contribution in [3.05, 3.63) is 46.6 Å². The van der Waals surface area contributed by atoms with Crippen LogP contribution in [0.5, 0.6) is 0 Å². The van der Waals surface area contributed by atoms with Crippen LogP contribution in [0, 0.1) is 11.3 Å². The number of nitriles is 1. The standard InChI is InChI=1S/C15H17ClN4O2/c16-14-4-2-12(3-5-14)9-19-15(22)13(8-18)10-20(11-21)7-1-6-17/h2-5,10-11H,1,6-7,9,17H2,(H,19,22)/b13-10-. The van der Waals surface area contributed by atoms with Crippen LogP contribution < -0.4 is 11.1 Å². The molecule has 3 N–H and O–H groups in total. The monoisotopic (exact) mass is 320 g/mol. The quantitative estimate of drug-likeness (QED) is 0.426. The maximum Gasteiger partial charge on any atom is 0.263 e. The molecule has 0 radical (unpaired) electrons. The van der Waals surface area contributed by atoms with Gasteiger partial charge in [-0.1, -0.05) is 23.7 Å². The van der Waals surface area contributed by atoms with Crippen LogP contribution in [0.4, 0.5) is 0 Å². The molecule has 6 nitrogen and oxygen atoms in total. The van der Waals surface area contributed by atoms with Gasteiger partial charge in [0.2, 0.25) is 6.41 Å². The number of nitrogens with two attached hydrogens (primary N) is 1. The van der Waals surface area contributed by atoms with E-state index in [9.17, 15) is 9.59 Å². The topological polar surface area (TPSA) is 99.2 Å². The Hall–Kier alpha value is -2.36. The highest BCUT2D eigenvalue weighted by atomic mass is 35.5. The second kappa shape index (κ2) is 9.55. The molecule has 1 aromatic rings. The van der Waals surface area contributed by atoms with E-state index in [0.717, 1.165) is 5.56 Å². The van der Waals surface area contributed by atoms with E-state index in [1.807, 2.05) is 0 Å². The lowest BCUT2D eigenvalue weighted by atomic mass is 10.2. The maximum atomic E-state index is 11.9. The highest BCUT2D eigenvalue weighted by Gasteiger charge is 2.10. The molecule has 0 saturated carbocycles. The Morgan fingerprint density at radius 2 is 2.09 bits per heavy atom. The molecule has 0 saturated heterocycles. The fourth-order valence-electron chi connectivity index (χ4n) is 1.61. The van der Waals surface area contributed by atoms with Gasteiger partial charge in [-0.25, -0.2) is 0 Å². The van der Waals surface area contributed by atoms with E-state index >= 15 is 0 Å². The molecule has 0 fully saturated rings. The summed E-state index contributed by atoms with van der Waals surface area (Å²) in [5, 5.41) is 12.3. The molecule has 0 aliphatic rings. The number of carbonyl (C=O) groups excluding carboxylic acids is 2. The van der Waals surface area contributed by atoms with Crippen LogP contribution in [0.3, 0.4) is 0 Å². The summed E-state index contributed by atoms with van der Waals surface area (Å²) in [4.78, 5) is 24.1. The molecule has 22 heavy (non-hydrogen) atoms. The van der Waals surface area contributed by atoms with Crippen molar-refractivity contribution in [2.75, 3.05) is 13.1 Å². The van der Waals surface area contributed by atoms with Gasteiger partial charge in [-0.15, -0.1) is 0 Å². The van der Waals surface area contributed by atoms with Crippen LogP contribution in [-0.4, -0.2) is 30.3 Å². The smallest absolute Gasteiger partial charge is 0.263 e. The number of halogens is 1. The Morgan fingerprint density at radius 1 is 1.41 bits per heavy atom. The molecular weight excluding hydrogens is 304 g/mol. The first-order valence-corrected chi connectivity index (χ1v) is 7.04. The van der Waals surface area contributed by atoms with E-state index in [0.29, 0.717) is 30.9 Å². The molecule has 0 aliphatic heterocycles. The predicted molar refractivity (Wildman–Crippen MR) is 83.4 cm³/mol. The van der Waals surface area contributed by atoms with Crippen molar-refractivity contribution < 1.29 is 9.59 Å². The number of hydrogen-bond acceptors (Lipinski definition) is 4. The van der Waals surface area contributed by atoms with Gasteiger partial charge >= 0.3 is 0 Å². The molecule has 116 valence electrons. The minimum Gasteiger partial charge on any atom is -0.347 e. The van der Waals surface area contributed by atoms with Gasteiger partial charge in [-0.2, -0.15) is 5.26 Å².